The number of hydrogen-bond donors (Lipinski definition) is 1. The third kappa shape index (κ3) is 4.48. The van der Waals surface area contributed by atoms with Gasteiger partial charge in [0.2, 0.25) is 0 Å². The normalized spacial score (nSPS) is 11.1. The van der Waals surface area contributed by atoms with E-state index in [1.165, 1.54) is 25.2 Å². The second kappa shape index (κ2) is 7.67. The SMILES string of the molecule is CN(Cc1cn(C)nc1C(F)(F)F)C(=O)c1ccc(CN)cc1.Cl. The summed E-state index contributed by atoms with van der Waals surface area (Å²) in [4.78, 5) is 13.5. The summed E-state index contributed by atoms with van der Waals surface area (Å²) in [6.07, 6.45) is -3.28. The molecule has 0 aliphatic rings. The fraction of sp³-hybridized carbons (Fsp3) is 0.333. The maximum atomic E-state index is 12.9. The lowest BCUT2D eigenvalue weighted by atomic mass is 10.1. The van der Waals surface area contributed by atoms with Crippen LogP contribution in [0.1, 0.15) is 27.2 Å². The van der Waals surface area contributed by atoms with E-state index in [-0.39, 0.29) is 30.4 Å². The third-order valence-corrected chi connectivity index (χ3v) is 3.36. The Labute approximate surface area is 143 Å². The summed E-state index contributed by atoms with van der Waals surface area (Å²) in [6, 6.07) is 6.64. The number of amides is 1. The van der Waals surface area contributed by atoms with E-state index in [1.807, 2.05) is 0 Å². The van der Waals surface area contributed by atoms with Gasteiger partial charge in [0.25, 0.3) is 5.91 Å². The molecule has 0 aliphatic carbocycles. The topological polar surface area (TPSA) is 64.2 Å². The number of carbonyl (C=O) groups is 1. The van der Waals surface area contributed by atoms with Crippen molar-refractivity contribution >= 4 is 18.3 Å². The van der Waals surface area contributed by atoms with Gasteiger partial charge in [0.1, 0.15) is 0 Å². The fourth-order valence-corrected chi connectivity index (χ4v) is 2.22. The van der Waals surface area contributed by atoms with Crippen molar-refractivity contribution in [2.75, 3.05) is 7.05 Å². The van der Waals surface area contributed by atoms with Gasteiger partial charge < -0.3 is 10.6 Å². The highest BCUT2D eigenvalue weighted by Crippen LogP contribution is 2.31. The highest BCUT2D eigenvalue weighted by atomic mass is 35.5. The number of rotatable bonds is 4. The molecule has 0 aliphatic heterocycles. The largest absolute Gasteiger partial charge is 0.435 e. The first kappa shape index (κ1) is 20.0. The summed E-state index contributed by atoms with van der Waals surface area (Å²) in [6.45, 7) is 0.176. The van der Waals surface area contributed by atoms with Gasteiger partial charge in [-0.15, -0.1) is 12.4 Å². The lowest BCUT2D eigenvalue weighted by molar-refractivity contribution is -0.142. The molecule has 0 saturated heterocycles. The molecule has 0 saturated carbocycles. The minimum absolute atomic E-state index is 0. The zero-order valence-corrected chi connectivity index (χ0v) is 14.0. The number of benzene rings is 1. The number of aryl methyl sites for hydroxylation is 1. The predicted octanol–water partition coefficient (Wildman–Crippen LogP) is 2.59. The van der Waals surface area contributed by atoms with Crippen LogP contribution in [0.15, 0.2) is 30.5 Å². The molecule has 0 radical (unpaired) electrons. The van der Waals surface area contributed by atoms with Gasteiger partial charge in [-0.3, -0.25) is 9.48 Å². The van der Waals surface area contributed by atoms with Crippen LogP contribution in [0.5, 0.6) is 0 Å². The molecule has 1 amide bonds. The molecule has 2 rings (SSSR count). The summed E-state index contributed by atoms with van der Waals surface area (Å²) < 4.78 is 39.9. The van der Waals surface area contributed by atoms with Crippen molar-refractivity contribution in [2.24, 2.45) is 12.8 Å². The van der Waals surface area contributed by atoms with Gasteiger partial charge in [-0.25, -0.2) is 0 Å². The first-order valence-electron chi connectivity index (χ1n) is 6.86. The van der Waals surface area contributed by atoms with Crippen LogP contribution in [-0.2, 0) is 26.3 Å². The lowest BCUT2D eigenvalue weighted by Gasteiger charge is -2.17. The van der Waals surface area contributed by atoms with Gasteiger partial charge in [0, 0.05) is 44.5 Å². The number of nitrogens with zero attached hydrogens (tertiary/aromatic N) is 3. The Morgan fingerprint density at radius 3 is 2.38 bits per heavy atom. The molecule has 24 heavy (non-hydrogen) atoms. The highest BCUT2D eigenvalue weighted by molar-refractivity contribution is 5.94. The van der Waals surface area contributed by atoms with Crippen molar-refractivity contribution < 1.29 is 18.0 Å². The third-order valence-electron chi connectivity index (χ3n) is 3.36. The standard InChI is InChI=1S/C15H17F3N4O.ClH/c1-21(14(23)11-5-3-10(7-19)4-6-11)8-12-9-22(2)20-13(12)15(16,17)18;/h3-6,9H,7-8,19H2,1-2H3;1H. The average molecular weight is 363 g/mol. The molecule has 0 atom stereocenters. The van der Waals surface area contributed by atoms with Crippen LogP contribution in [0, 0.1) is 0 Å². The van der Waals surface area contributed by atoms with Crippen molar-refractivity contribution in [3.05, 3.63) is 52.8 Å². The smallest absolute Gasteiger partial charge is 0.337 e. The highest BCUT2D eigenvalue weighted by Gasteiger charge is 2.37. The van der Waals surface area contributed by atoms with Crippen LogP contribution < -0.4 is 5.73 Å². The zero-order valence-electron chi connectivity index (χ0n) is 13.2. The summed E-state index contributed by atoms with van der Waals surface area (Å²) in [7, 11) is 2.86. The van der Waals surface area contributed by atoms with E-state index in [9.17, 15) is 18.0 Å². The first-order valence-corrected chi connectivity index (χ1v) is 6.86. The number of halogens is 4. The summed E-state index contributed by atoms with van der Waals surface area (Å²) in [5.41, 5.74) is 5.73. The quantitative estimate of drug-likeness (QED) is 0.909. The molecule has 0 fully saturated rings. The molecular weight excluding hydrogens is 345 g/mol. The molecule has 1 aromatic carbocycles. The number of carbonyl (C=O) groups excluding carboxylic acids is 1. The van der Waals surface area contributed by atoms with Crippen molar-refractivity contribution in [3.63, 3.8) is 0 Å². The minimum Gasteiger partial charge on any atom is -0.337 e. The van der Waals surface area contributed by atoms with E-state index in [0.717, 1.165) is 10.2 Å². The van der Waals surface area contributed by atoms with Crippen LogP contribution in [0.4, 0.5) is 13.2 Å². The van der Waals surface area contributed by atoms with Crippen molar-refractivity contribution in [1.82, 2.24) is 14.7 Å². The second-order valence-corrected chi connectivity index (χ2v) is 5.24. The van der Waals surface area contributed by atoms with Crippen LogP contribution in [0.2, 0.25) is 0 Å². The zero-order chi connectivity index (χ0) is 17.2. The Balaban J connectivity index is 0.00000288. The van der Waals surface area contributed by atoms with E-state index >= 15 is 0 Å². The minimum atomic E-state index is -4.55. The van der Waals surface area contributed by atoms with Crippen LogP contribution in [0.25, 0.3) is 0 Å². The van der Waals surface area contributed by atoms with E-state index in [1.54, 1.807) is 24.3 Å². The molecule has 0 spiro atoms. The maximum Gasteiger partial charge on any atom is 0.435 e. The number of alkyl halides is 3. The molecular formula is C15H18ClF3N4O. The summed E-state index contributed by atoms with van der Waals surface area (Å²) in [5, 5.41) is 3.43. The molecule has 2 N–H and O–H groups in total. The van der Waals surface area contributed by atoms with E-state index in [4.69, 9.17) is 5.73 Å². The van der Waals surface area contributed by atoms with E-state index < -0.39 is 11.9 Å². The first-order chi connectivity index (χ1) is 10.7. The van der Waals surface area contributed by atoms with Crippen molar-refractivity contribution in [1.29, 1.82) is 0 Å². The fourth-order valence-electron chi connectivity index (χ4n) is 2.22. The van der Waals surface area contributed by atoms with Gasteiger partial charge in [-0.2, -0.15) is 18.3 Å². The van der Waals surface area contributed by atoms with E-state index in [0.29, 0.717) is 12.1 Å². The Morgan fingerprint density at radius 2 is 1.88 bits per heavy atom. The monoisotopic (exact) mass is 362 g/mol. The lowest BCUT2D eigenvalue weighted by Crippen LogP contribution is -2.27. The Morgan fingerprint density at radius 1 is 1.29 bits per heavy atom. The number of aromatic nitrogens is 2. The number of hydrogen-bond acceptors (Lipinski definition) is 3. The predicted molar refractivity (Wildman–Crippen MR) is 85.6 cm³/mol. The summed E-state index contributed by atoms with van der Waals surface area (Å²) in [5.74, 6) is -0.370. The van der Waals surface area contributed by atoms with Crippen LogP contribution >= 0.6 is 12.4 Å². The molecule has 9 heteroatoms. The van der Waals surface area contributed by atoms with Crippen molar-refractivity contribution in [2.45, 2.75) is 19.3 Å². The Hall–Kier alpha value is -2.06. The Kier molecular flexibility index (Phi) is 6.39. The molecule has 0 bridgehead atoms. The van der Waals surface area contributed by atoms with Crippen LogP contribution in [-0.4, -0.2) is 27.6 Å². The van der Waals surface area contributed by atoms with Crippen molar-refractivity contribution in [3.8, 4) is 0 Å². The van der Waals surface area contributed by atoms with Crippen LogP contribution in [0.3, 0.4) is 0 Å². The average Bonchev–Trinajstić information content (AvgIpc) is 2.87. The van der Waals surface area contributed by atoms with Gasteiger partial charge in [-0.05, 0) is 17.7 Å². The summed E-state index contributed by atoms with van der Waals surface area (Å²) >= 11 is 0. The molecule has 132 valence electrons. The molecule has 5 nitrogen and oxygen atoms in total. The van der Waals surface area contributed by atoms with Gasteiger partial charge >= 0.3 is 6.18 Å². The molecule has 2 aromatic rings. The Bertz CT molecular complexity index is 698. The molecule has 1 aromatic heterocycles. The van der Waals surface area contributed by atoms with Gasteiger partial charge in [0.15, 0.2) is 5.69 Å². The van der Waals surface area contributed by atoms with E-state index in [2.05, 4.69) is 5.10 Å². The number of nitrogens with two attached hydrogens (primary N) is 1. The second-order valence-electron chi connectivity index (χ2n) is 5.24. The molecule has 0 unspecified atom stereocenters. The maximum absolute atomic E-state index is 12.9. The van der Waals surface area contributed by atoms with Gasteiger partial charge in [-0.1, -0.05) is 12.1 Å². The van der Waals surface area contributed by atoms with Gasteiger partial charge in [0.05, 0.1) is 0 Å². The molecule has 1 heterocycles.